The smallest absolute Gasteiger partial charge is 0.233 e. The van der Waals surface area contributed by atoms with Crippen molar-refractivity contribution in [3.63, 3.8) is 0 Å². The lowest BCUT2D eigenvalue weighted by Gasteiger charge is -2.36. The molecular formula is C14H21FN4O. The van der Waals surface area contributed by atoms with Crippen molar-refractivity contribution in [2.45, 2.75) is 0 Å². The van der Waals surface area contributed by atoms with Gasteiger partial charge in [-0.1, -0.05) is 0 Å². The molecule has 6 heteroatoms. The Bertz CT molecular complexity index is 429. The Morgan fingerprint density at radius 1 is 1.20 bits per heavy atom. The highest BCUT2D eigenvalue weighted by molar-refractivity contribution is 5.77. The first-order valence-electron chi connectivity index (χ1n) is 6.88. The van der Waals surface area contributed by atoms with Gasteiger partial charge in [0.2, 0.25) is 5.91 Å². The van der Waals surface area contributed by atoms with E-state index in [1.807, 2.05) is 12.1 Å². The molecule has 1 amide bonds. The van der Waals surface area contributed by atoms with Gasteiger partial charge >= 0.3 is 0 Å². The number of piperazine rings is 1. The second kappa shape index (κ2) is 7.21. The van der Waals surface area contributed by atoms with Crippen LogP contribution in [0.3, 0.4) is 0 Å². The largest absolute Gasteiger partial charge is 0.369 e. The van der Waals surface area contributed by atoms with Crippen LogP contribution in [0.5, 0.6) is 0 Å². The fourth-order valence-corrected chi connectivity index (χ4v) is 2.31. The number of nitrogens with one attached hydrogen (secondary N) is 1. The van der Waals surface area contributed by atoms with E-state index < -0.39 is 0 Å². The Kier molecular flexibility index (Phi) is 5.31. The lowest BCUT2D eigenvalue weighted by Crippen LogP contribution is -2.48. The summed E-state index contributed by atoms with van der Waals surface area (Å²) in [5, 5.41) is 2.77. The van der Waals surface area contributed by atoms with Crippen LogP contribution in [0.15, 0.2) is 24.3 Å². The average Bonchev–Trinajstić information content (AvgIpc) is 2.48. The lowest BCUT2D eigenvalue weighted by molar-refractivity contribution is -0.119. The highest BCUT2D eigenvalue weighted by Gasteiger charge is 2.16. The zero-order chi connectivity index (χ0) is 14.4. The molecule has 1 heterocycles. The number of nitrogens with zero attached hydrogens (tertiary/aromatic N) is 2. The van der Waals surface area contributed by atoms with E-state index in [1.54, 1.807) is 0 Å². The summed E-state index contributed by atoms with van der Waals surface area (Å²) in [5.74, 6) is -0.321. The summed E-state index contributed by atoms with van der Waals surface area (Å²) in [7, 11) is 0. The summed E-state index contributed by atoms with van der Waals surface area (Å²) in [6.07, 6.45) is 0. The molecule has 3 N–H and O–H groups in total. The zero-order valence-corrected chi connectivity index (χ0v) is 11.5. The molecule has 1 saturated heterocycles. The van der Waals surface area contributed by atoms with Gasteiger partial charge in [-0.05, 0) is 24.3 Å². The average molecular weight is 280 g/mol. The van der Waals surface area contributed by atoms with Gasteiger partial charge in [0, 0.05) is 45.0 Å². The van der Waals surface area contributed by atoms with Gasteiger partial charge in [-0.3, -0.25) is 9.69 Å². The minimum atomic E-state index is -0.206. The molecule has 110 valence electrons. The second-order valence-corrected chi connectivity index (χ2v) is 4.86. The number of carbonyl (C=O) groups is 1. The molecule has 0 aromatic heterocycles. The standard InChI is InChI=1S/C14H21FN4O/c15-12-1-3-13(4-2-12)19-9-7-18(8-10-19)6-5-17-14(20)11-16/h1-4H,5-11,16H2,(H,17,20). The van der Waals surface area contributed by atoms with E-state index in [2.05, 4.69) is 15.1 Å². The number of rotatable bonds is 5. The highest BCUT2D eigenvalue weighted by atomic mass is 19.1. The van der Waals surface area contributed by atoms with Gasteiger partial charge in [-0.15, -0.1) is 0 Å². The number of amides is 1. The third-order valence-electron chi connectivity index (χ3n) is 3.50. The van der Waals surface area contributed by atoms with Crippen LogP contribution in [0.25, 0.3) is 0 Å². The number of carbonyl (C=O) groups excluding carboxylic acids is 1. The second-order valence-electron chi connectivity index (χ2n) is 4.86. The van der Waals surface area contributed by atoms with Crippen molar-refractivity contribution in [1.29, 1.82) is 0 Å². The Morgan fingerprint density at radius 2 is 1.85 bits per heavy atom. The monoisotopic (exact) mass is 280 g/mol. The summed E-state index contributed by atoms with van der Waals surface area (Å²) in [6.45, 7) is 5.21. The van der Waals surface area contributed by atoms with Crippen LogP contribution in [-0.4, -0.2) is 56.6 Å². The molecule has 0 atom stereocenters. The normalized spacial score (nSPS) is 16.2. The Hall–Kier alpha value is -1.66. The summed E-state index contributed by atoms with van der Waals surface area (Å²) < 4.78 is 12.9. The predicted octanol–water partition coefficient (Wildman–Crippen LogP) is 0.0226. The fourth-order valence-electron chi connectivity index (χ4n) is 2.31. The summed E-state index contributed by atoms with van der Waals surface area (Å²) in [6, 6.07) is 6.60. The number of hydrogen-bond acceptors (Lipinski definition) is 4. The molecule has 1 aromatic carbocycles. The lowest BCUT2D eigenvalue weighted by atomic mass is 10.2. The van der Waals surface area contributed by atoms with Crippen LogP contribution in [0.1, 0.15) is 0 Å². The van der Waals surface area contributed by atoms with Gasteiger partial charge in [0.05, 0.1) is 6.54 Å². The molecule has 0 radical (unpaired) electrons. The highest BCUT2D eigenvalue weighted by Crippen LogP contribution is 2.16. The minimum Gasteiger partial charge on any atom is -0.369 e. The maximum Gasteiger partial charge on any atom is 0.233 e. The van der Waals surface area contributed by atoms with Crippen LogP contribution in [0.4, 0.5) is 10.1 Å². The molecule has 5 nitrogen and oxygen atoms in total. The third-order valence-corrected chi connectivity index (χ3v) is 3.50. The van der Waals surface area contributed by atoms with E-state index in [4.69, 9.17) is 5.73 Å². The molecule has 0 spiro atoms. The molecule has 0 unspecified atom stereocenters. The molecular weight excluding hydrogens is 259 g/mol. The van der Waals surface area contributed by atoms with Crippen molar-refractivity contribution in [3.8, 4) is 0 Å². The maximum absolute atomic E-state index is 12.9. The topological polar surface area (TPSA) is 61.6 Å². The van der Waals surface area contributed by atoms with E-state index in [0.29, 0.717) is 6.54 Å². The molecule has 0 aliphatic carbocycles. The molecule has 0 bridgehead atoms. The molecule has 1 fully saturated rings. The van der Waals surface area contributed by atoms with Crippen LogP contribution >= 0.6 is 0 Å². The Labute approximate surface area is 118 Å². The first kappa shape index (κ1) is 14.7. The van der Waals surface area contributed by atoms with Crippen LogP contribution in [-0.2, 0) is 4.79 Å². The van der Waals surface area contributed by atoms with E-state index >= 15 is 0 Å². The van der Waals surface area contributed by atoms with Crippen molar-refractivity contribution in [3.05, 3.63) is 30.1 Å². The van der Waals surface area contributed by atoms with Crippen LogP contribution in [0.2, 0.25) is 0 Å². The Balaban J connectivity index is 1.72. The van der Waals surface area contributed by atoms with Crippen LogP contribution in [0, 0.1) is 5.82 Å². The molecule has 1 aliphatic rings. The SMILES string of the molecule is NCC(=O)NCCN1CCN(c2ccc(F)cc2)CC1. The first-order valence-corrected chi connectivity index (χ1v) is 6.88. The van der Waals surface area contributed by atoms with E-state index in [-0.39, 0.29) is 18.3 Å². The molecule has 1 aromatic rings. The summed E-state index contributed by atoms with van der Waals surface area (Å²) >= 11 is 0. The van der Waals surface area contributed by atoms with E-state index in [9.17, 15) is 9.18 Å². The summed E-state index contributed by atoms with van der Waals surface area (Å²) in [4.78, 5) is 15.6. The number of anilines is 1. The van der Waals surface area contributed by atoms with Crippen molar-refractivity contribution in [2.24, 2.45) is 5.73 Å². The van der Waals surface area contributed by atoms with Gasteiger partial charge in [0.25, 0.3) is 0 Å². The van der Waals surface area contributed by atoms with Gasteiger partial charge in [0.15, 0.2) is 0 Å². The number of benzene rings is 1. The maximum atomic E-state index is 12.9. The van der Waals surface area contributed by atoms with Gasteiger partial charge < -0.3 is 16.0 Å². The molecule has 0 saturated carbocycles. The quantitative estimate of drug-likeness (QED) is 0.798. The van der Waals surface area contributed by atoms with Crippen molar-refractivity contribution in [1.82, 2.24) is 10.2 Å². The number of hydrogen-bond donors (Lipinski definition) is 2. The van der Waals surface area contributed by atoms with Gasteiger partial charge in [-0.2, -0.15) is 0 Å². The van der Waals surface area contributed by atoms with E-state index in [1.165, 1.54) is 12.1 Å². The number of nitrogens with two attached hydrogens (primary N) is 1. The number of halogens is 1. The van der Waals surface area contributed by atoms with Crippen molar-refractivity contribution < 1.29 is 9.18 Å². The molecule has 2 rings (SSSR count). The Morgan fingerprint density at radius 3 is 2.45 bits per heavy atom. The summed E-state index contributed by atoms with van der Waals surface area (Å²) in [5.41, 5.74) is 6.28. The fraction of sp³-hybridized carbons (Fsp3) is 0.500. The van der Waals surface area contributed by atoms with Gasteiger partial charge in [0.1, 0.15) is 5.82 Å². The van der Waals surface area contributed by atoms with E-state index in [0.717, 1.165) is 38.4 Å². The van der Waals surface area contributed by atoms with Crippen molar-refractivity contribution >= 4 is 11.6 Å². The molecule has 1 aliphatic heterocycles. The van der Waals surface area contributed by atoms with Gasteiger partial charge in [-0.25, -0.2) is 4.39 Å². The molecule has 20 heavy (non-hydrogen) atoms. The first-order chi connectivity index (χ1) is 9.69. The zero-order valence-electron chi connectivity index (χ0n) is 11.5. The third kappa shape index (κ3) is 4.18. The minimum absolute atomic E-state index is 0.0400. The van der Waals surface area contributed by atoms with Crippen molar-refractivity contribution in [2.75, 3.05) is 50.7 Å². The predicted molar refractivity (Wildman–Crippen MR) is 77.1 cm³/mol. The van der Waals surface area contributed by atoms with Crippen LogP contribution < -0.4 is 16.0 Å².